The highest BCUT2D eigenvalue weighted by atomic mass is 16.4. The Hall–Kier alpha value is -5.24. The summed E-state index contributed by atoms with van der Waals surface area (Å²) in [4.78, 5) is 77.2. The average molecular weight is 609 g/mol. The number of hydrogen-bond acceptors (Lipinski definition) is 7. The number of carbonyl (C=O) groups excluding carboxylic acids is 4. The molecular formula is C30H36N6O8. The topological polar surface area (TPSA) is 247 Å². The monoisotopic (exact) mass is 608 g/mol. The van der Waals surface area contributed by atoms with Crippen molar-refractivity contribution in [2.45, 2.75) is 62.7 Å². The van der Waals surface area contributed by atoms with Gasteiger partial charge in [0.05, 0.1) is 6.04 Å². The molecule has 2 aromatic carbocycles. The van der Waals surface area contributed by atoms with E-state index in [1.165, 1.54) is 0 Å². The summed E-state index contributed by atoms with van der Waals surface area (Å²) in [5.74, 6) is -5.68. The van der Waals surface area contributed by atoms with Gasteiger partial charge < -0.3 is 42.6 Å². The third-order valence-electron chi connectivity index (χ3n) is 6.95. The summed E-state index contributed by atoms with van der Waals surface area (Å²) >= 11 is 0. The fourth-order valence-corrected chi connectivity index (χ4v) is 4.57. The van der Waals surface area contributed by atoms with Gasteiger partial charge in [0, 0.05) is 42.8 Å². The van der Waals surface area contributed by atoms with E-state index in [9.17, 15) is 39.0 Å². The van der Waals surface area contributed by atoms with Crippen LogP contribution in [-0.4, -0.2) is 74.9 Å². The van der Waals surface area contributed by atoms with Crippen LogP contribution >= 0.6 is 0 Å². The molecule has 4 amide bonds. The van der Waals surface area contributed by atoms with Crippen molar-refractivity contribution in [3.8, 4) is 0 Å². The Bertz CT molecular complexity index is 1490. The summed E-state index contributed by atoms with van der Waals surface area (Å²) in [6.45, 7) is 0. The summed E-state index contributed by atoms with van der Waals surface area (Å²) in [5, 5.41) is 27.3. The molecule has 1 aromatic heterocycles. The normalized spacial score (nSPS) is 13.7. The number of aromatic nitrogens is 1. The van der Waals surface area contributed by atoms with E-state index in [1.807, 2.05) is 18.2 Å². The second-order valence-electron chi connectivity index (χ2n) is 10.3. The van der Waals surface area contributed by atoms with Crippen LogP contribution in [0.2, 0.25) is 0 Å². The minimum absolute atomic E-state index is 0.0177. The number of carbonyl (C=O) groups is 6. The van der Waals surface area contributed by atoms with Crippen LogP contribution in [0.25, 0.3) is 10.9 Å². The van der Waals surface area contributed by atoms with Gasteiger partial charge in [-0.15, -0.1) is 0 Å². The molecule has 0 aliphatic rings. The van der Waals surface area contributed by atoms with Gasteiger partial charge in [0.15, 0.2) is 0 Å². The second-order valence-corrected chi connectivity index (χ2v) is 10.3. The highest BCUT2D eigenvalue weighted by molar-refractivity contribution is 5.95. The molecule has 0 bridgehead atoms. The van der Waals surface area contributed by atoms with Crippen molar-refractivity contribution in [2.24, 2.45) is 11.5 Å². The average Bonchev–Trinajstić information content (AvgIpc) is 3.40. The predicted molar refractivity (Wildman–Crippen MR) is 159 cm³/mol. The largest absolute Gasteiger partial charge is 0.481 e. The molecule has 4 atom stereocenters. The Morgan fingerprint density at radius 2 is 1.34 bits per heavy atom. The van der Waals surface area contributed by atoms with E-state index in [0.29, 0.717) is 11.1 Å². The molecule has 0 radical (unpaired) electrons. The molecule has 1 heterocycles. The molecule has 3 rings (SSSR count). The molecule has 14 heteroatoms. The number of aromatic amines is 1. The summed E-state index contributed by atoms with van der Waals surface area (Å²) in [7, 11) is 0. The van der Waals surface area contributed by atoms with Gasteiger partial charge in [-0.3, -0.25) is 24.0 Å². The van der Waals surface area contributed by atoms with Crippen LogP contribution in [0.5, 0.6) is 0 Å². The number of amides is 4. The van der Waals surface area contributed by atoms with Gasteiger partial charge in [-0.2, -0.15) is 0 Å². The number of carboxylic acid groups (broad SMARTS) is 2. The molecular weight excluding hydrogens is 572 g/mol. The smallest absolute Gasteiger partial charge is 0.326 e. The van der Waals surface area contributed by atoms with E-state index in [4.69, 9.17) is 11.5 Å². The molecule has 0 aliphatic heterocycles. The number of fused-ring (bicyclic) bond motifs is 1. The number of rotatable bonds is 17. The number of H-pyrrole nitrogens is 1. The zero-order chi connectivity index (χ0) is 32.2. The van der Waals surface area contributed by atoms with Gasteiger partial charge in [-0.25, -0.2) is 4.79 Å². The SMILES string of the molecule is NC(=O)CCC(N)C(=O)NC(CCC(=O)O)C(=O)NC(Cc1c[nH]c2ccccc12)C(=O)NC(Cc1ccccc1)C(=O)O. The number of nitrogens with one attached hydrogen (secondary N) is 4. The predicted octanol–water partition coefficient (Wildman–Crippen LogP) is -0.0503. The molecule has 10 N–H and O–H groups in total. The number of hydrogen-bond donors (Lipinski definition) is 8. The Labute approximate surface area is 252 Å². The highest BCUT2D eigenvalue weighted by Crippen LogP contribution is 2.19. The Kier molecular flexibility index (Phi) is 12.0. The fraction of sp³-hybridized carbons (Fsp3) is 0.333. The van der Waals surface area contributed by atoms with Gasteiger partial charge in [-0.05, 0) is 30.0 Å². The van der Waals surface area contributed by atoms with Crippen LogP contribution in [0.15, 0.2) is 60.8 Å². The zero-order valence-corrected chi connectivity index (χ0v) is 23.8. The number of primary amides is 1. The molecule has 234 valence electrons. The first-order valence-corrected chi connectivity index (χ1v) is 13.9. The fourth-order valence-electron chi connectivity index (χ4n) is 4.57. The molecule has 0 spiro atoms. The van der Waals surface area contributed by atoms with Crippen molar-refractivity contribution < 1.29 is 39.0 Å². The van der Waals surface area contributed by atoms with Gasteiger partial charge in [0.2, 0.25) is 23.6 Å². The first-order chi connectivity index (χ1) is 20.9. The van der Waals surface area contributed by atoms with Gasteiger partial charge in [0.25, 0.3) is 0 Å². The third kappa shape index (κ3) is 9.94. The maximum absolute atomic E-state index is 13.6. The lowest BCUT2D eigenvalue weighted by Gasteiger charge is -2.25. The highest BCUT2D eigenvalue weighted by Gasteiger charge is 2.31. The molecule has 0 saturated heterocycles. The quantitative estimate of drug-likeness (QED) is 0.102. The summed E-state index contributed by atoms with van der Waals surface area (Å²) in [6, 6.07) is 10.7. The van der Waals surface area contributed by atoms with Crippen molar-refractivity contribution in [1.29, 1.82) is 0 Å². The van der Waals surface area contributed by atoms with E-state index in [2.05, 4.69) is 20.9 Å². The van der Waals surface area contributed by atoms with Crippen molar-refractivity contribution in [3.63, 3.8) is 0 Å². The maximum Gasteiger partial charge on any atom is 0.326 e. The van der Waals surface area contributed by atoms with E-state index in [1.54, 1.807) is 42.6 Å². The van der Waals surface area contributed by atoms with E-state index < -0.39 is 66.2 Å². The van der Waals surface area contributed by atoms with Gasteiger partial charge in [-0.1, -0.05) is 48.5 Å². The molecule has 0 fully saturated rings. The number of nitrogens with two attached hydrogens (primary N) is 2. The Balaban J connectivity index is 1.85. The van der Waals surface area contributed by atoms with Crippen molar-refractivity contribution >= 4 is 46.5 Å². The maximum atomic E-state index is 13.6. The Morgan fingerprint density at radius 1 is 0.727 bits per heavy atom. The molecule has 3 aromatic rings. The standard InChI is InChI=1S/C30H36N6O8/c31-20(10-12-25(32)37)27(40)34-22(11-13-26(38)39)28(41)35-23(15-18-16-33-21-9-5-4-8-19(18)21)29(42)36-24(30(43)44)14-17-6-2-1-3-7-17/h1-9,16,20,22-24,33H,10-15,31H2,(H2,32,37)(H,34,40)(H,35,41)(H,36,42)(H,38,39)(H,43,44). The third-order valence-corrected chi connectivity index (χ3v) is 6.95. The van der Waals surface area contributed by atoms with Crippen LogP contribution < -0.4 is 27.4 Å². The number of para-hydroxylation sites is 1. The molecule has 0 aliphatic carbocycles. The lowest BCUT2D eigenvalue weighted by Crippen LogP contribution is -2.58. The number of carboxylic acids is 2. The van der Waals surface area contributed by atoms with E-state index in [-0.39, 0.29) is 32.1 Å². The van der Waals surface area contributed by atoms with Crippen LogP contribution in [0, 0.1) is 0 Å². The summed E-state index contributed by atoms with van der Waals surface area (Å²) < 4.78 is 0. The van der Waals surface area contributed by atoms with Crippen LogP contribution in [0.1, 0.15) is 36.8 Å². The lowest BCUT2D eigenvalue weighted by molar-refractivity contribution is -0.142. The van der Waals surface area contributed by atoms with E-state index >= 15 is 0 Å². The van der Waals surface area contributed by atoms with Crippen molar-refractivity contribution in [3.05, 3.63) is 71.9 Å². The van der Waals surface area contributed by atoms with Gasteiger partial charge in [0.1, 0.15) is 18.1 Å². The summed E-state index contributed by atoms with van der Waals surface area (Å²) in [5.41, 5.74) is 13.0. The number of benzene rings is 2. The van der Waals surface area contributed by atoms with Crippen molar-refractivity contribution in [2.75, 3.05) is 0 Å². The van der Waals surface area contributed by atoms with Crippen LogP contribution in [0.4, 0.5) is 0 Å². The summed E-state index contributed by atoms with van der Waals surface area (Å²) in [6.07, 6.45) is 0.485. The molecule has 44 heavy (non-hydrogen) atoms. The minimum Gasteiger partial charge on any atom is -0.481 e. The first-order valence-electron chi connectivity index (χ1n) is 13.9. The van der Waals surface area contributed by atoms with Crippen LogP contribution in [-0.2, 0) is 41.6 Å². The van der Waals surface area contributed by atoms with Crippen LogP contribution in [0.3, 0.4) is 0 Å². The second kappa shape index (κ2) is 15.8. The minimum atomic E-state index is -1.41. The molecule has 4 unspecified atom stereocenters. The van der Waals surface area contributed by atoms with E-state index in [0.717, 1.165) is 10.9 Å². The Morgan fingerprint density at radius 3 is 2.00 bits per heavy atom. The van der Waals surface area contributed by atoms with Gasteiger partial charge >= 0.3 is 11.9 Å². The first kappa shape index (κ1) is 33.3. The lowest BCUT2D eigenvalue weighted by atomic mass is 10.0. The number of aliphatic carboxylic acids is 2. The molecule has 14 nitrogen and oxygen atoms in total. The molecule has 0 saturated carbocycles. The zero-order valence-electron chi connectivity index (χ0n) is 23.8. The van der Waals surface area contributed by atoms with Crippen molar-refractivity contribution in [1.82, 2.24) is 20.9 Å².